The molecule has 0 aliphatic carbocycles. The maximum absolute atomic E-state index is 13.0. The molecule has 1 aromatic heterocycles. The summed E-state index contributed by atoms with van der Waals surface area (Å²) in [5.74, 6) is 2.93. The minimum atomic E-state index is 0.107. The van der Waals surface area contributed by atoms with Gasteiger partial charge in [0.05, 0.1) is 12.1 Å². The Morgan fingerprint density at radius 2 is 1.88 bits per heavy atom. The number of carbonyl (C=O) groups excluding carboxylic acids is 1. The Kier molecular flexibility index (Phi) is 5.06. The number of carbonyl (C=O) groups is 1. The molecule has 2 heterocycles. The topological polar surface area (TPSA) is 63.1 Å². The molecule has 1 aliphatic heterocycles. The van der Waals surface area contributed by atoms with E-state index in [-0.39, 0.29) is 5.91 Å². The van der Waals surface area contributed by atoms with E-state index in [0.29, 0.717) is 18.4 Å². The number of aryl methyl sites for hydroxylation is 1. The van der Waals surface area contributed by atoms with Crippen LogP contribution in [0.15, 0.2) is 24.3 Å². The smallest absolute Gasteiger partial charge is 0.255 e. The zero-order valence-corrected chi connectivity index (χ0v) is 15.5. The first kappa shape index (κ1) is 17.5. The molecule has 2 aromatic rings. The third-order valence-electron chi connectivity index (χ3n) is 4.93. The minimum absolute atomic E-state index is 0.107. The fourth-order valence-corrected chi connectivity index (χ4v) is 3.60. The number of rotatable bonds is 4. The minimum Gasteiger partial charge on any atom is -0.377 e. The normalized spacial score (nSPS) is 20.6. The molecule has 134 valence electrons. The highest BCUT2D eigenvalue weighted by atomic mass is 16.2. The molecule has 3 rings (SSSR count). The quantitative estimate of drug-likeness (QED) is 0.929. The molecule has 1 N–H and O–H groups in total. The summed E-state index contributed by atoms with van der Waals surface area (Å²) in [4.78, 5) is 15.0. The summed E-state index contributed by atoms with van der Waals surface area (Å²) in [6.07, 6.45) is 1.19. The van der Waals surface area contributed by atoms with Gasteiger partial charge in [0.2, 0.25) is 0 Å². The van der Waals surface area contributed by atoms with Gasteiger partial charge in [-0.25, -0.2) is 0 Å². The predicted octanol–water partition coefficient (Wildman–Crippen LogP) is 2.85. The standard InChI is InChI=1S/C19H27N5O/c1-13-9-14(2)12-24(11-13)19(25)16-7-5-6-8-17(16)20-10-18-22-21-15(3)23(18)4/h5-8,13-14,20H,9-12H2,1-4H3/t13-,14-/m0/s1. The first-order valence-corrected chi connectivity index (χ1v) is 8.92. The van der Waals surface area contributed by atoms with Crippen LogP contribution in [0.3, 0.4) is 0 Å². The van der Waals surface area contributed by atoms with Crippen LogP contribution in [0.5, 0.6) is 0 Å². The second-order valence-electron chi connectivity index (χ2n) is 7.28. The Bertz CT molecular complexity index is 744. The van der Waals surface area contributed by atoms with Gasteiger partial charge in [-0.3, -0.25) is 4.79 Å². The van der Waals surface area contributed by atoms with Crippen LogP contribution in [0.1, 0.15) is 42.3 Å². The maximum atomic E-state index is 13.0. The number of likely N-dealkylation sites (tertiary alicyclic amines) is 1. The SMILES string of the molecule is Cc1nnc(CNc2ccccc2C(=O)N2C[C@@H](C)C[C@H](C)C2)n1C. The molecule has 25 heavy (non-hydrogen) atoms. The van der Waals surface area contributed by atoms with Gasteiger partial charge < -0.3 is 14.8 Å². The maximum Gasteiger partial charge on any atom is 0.255 e. The Hall–Kier alpha value is -2.37. The van der Waals surface area contributed by atoms with Crippen molar-refractivity contribution in [2.45, 2.75) is 33.7 Å². The molecule has 1 aliphatic rings. The van der Waals surface area contributed by atoms with E-state index in [2.05, 4.69) is 29.4 Å². The number of hydrogen-bond donors (Lipinski definition) is 1. The van der Waals surface area contributed by atoms with E-state index in [9.17, 15) is 4.79 Å². The van der Waals surface area contributed by atoms with Crippen molar-refractivity contribution < 1.29 is 4.79 Å². The van der Waals surface area contributed by atoms with Crippen molar-refractivity contribution in [1.82, 2.24) is 19.7 Å². The summed E-state index contributed by atoms with van der Waals surface area (Å²) in [5.41, 5.74) is 1.57. The lowest BCUT2D eigenvalue weighted by Crippen LogP contribution is -2.42. The molecule has 0 spiro atoms. The lowest BCUT2D eigenvalue weighted by molar-refractivity contribution is 0.0624. The summed E-state index contributed by atoms with van der Waals surface area (Å²) in [7, 11) is 1.94. The number of piperidine rings is 1. The molecule has 1 aromatic carbocycles. The van der Waals surface area contributed by atoms with E-state index in [1.54, 1.807) is 0 Å². The molecule has 1 fully saturated rings. The van der Waals surface area contributed by atoms with Gasteiger partial charge >= 0.3 is 0 Å². The zero-order valence-electron chi connectivity index (χ0n) is 15.5. The molecule has 0 radical (unpaired) electrons. The van der Waals surface area contributed by atoms with Crippen molar-refractivity contribution in [3.63, 3.8) is 0 Å². The van der Waals surface area contributed by atoms with Gasteiger partial charge in [0, 0.05) is 25.8 Å². The number of amides is 1. The largest absolute Gasteiger partial charge is 0.377 e. The first-order chi connectivity index (χ1) is 12.0. The molecule has 2 atom stereocenters. The van der Waals surface area contributed by atoms with E-state index >= 15 is 0 Å². The van der Waals surface area contributed by atoms with Crippen LogP contribution in [0.4, 0.5) is 5.69 Å². The van der Waals surface area contributed by atoms with Crippen LogP contribution in [0.2, 0.25) is 0 Å². The van der Waals surface area contributed by atoms with Crippen LogP contribution in [-0.4, -0.2) is 38.7 Å². The third kappa shape index (κ3) is 3.83. The van der Waals surface area contributed by atoms with Crippen molar-refractivity contribution >= 4 is 11.6 Å². The van der Waals surface area contributed by atoms with Crippen molar-refractivity contribution in [3.05, 3.63) is 41.5 Å². The number of benzene rings is 1. The fraction of sp³-hybridized carbons (Fsp3) is 0.526. The van der Waals surface area contributed by atoms with Gasteiger partial charge in [-0.15, -0.1) is 10.2 Å². The molecule has 1 saturated heterocycles. The van der Waals surface area contributed by atoms with Gasteiger partial charge in [0.25, 0.3) is 5.91 Å². The molecule has 6 heteroatoms. The monoisotopic (exact) mass is 341 g/mol. The van der Waals surface area contributed by atoms with Gasteiger partial charge in [-0.05, 0) is 37.3 Å². The van der Waals surface area contributed by atoms with Crippen molar-refractivity contribution in [2.24, 2.45) is 18.9 Å². The fourth-order valence-electron chi connectivity index (χ4n) is 3.60. The van der Waals surface area contributed by atoms with Crippen LogP contribution < -0.4 is 5.32 Å². The second-order valence-corrected chi connectivity index (χ2v) is 7.28. The lowest BCUT2D eigenvalue weighted by Gasteiger charge is -2.35. The molecule has 0 bridgehead atoms. The van der Waals surface area contributed by atoms with E-state index in [4.69, 9.17) is 0 Å². The summed E-state index contributed by atoms with van der Waals surface area (Å²) < 4.78 is 1.95. The summed E-state index contributed by atoms with van der Waals surface area (Å²) in [6.45, 7) is 8.56. The predicted molar refractivity (Wildman–Crippen MR) is 98.4 cm³/mol. The number of anilines is 1. The zero-order chi connectivity index (χ0) is 18.0. The Balaban J connectivity index is 1.76. The van der Waals surface area contributed by atoms with Crippen molar-refractivity contribution in [3.8, 4) is 0 Å². The molecule has 0 saturated carbocycles. The summed E-state index contributed by atoms with van der Waals surface area (Å²) >= 11 is 0. The van der Waals surface area contributed by atoms with E-state index < -0.39 is 0 Å². The third-order valence-corrected chi connectivity index (χ3v) is 4.93. The second kappa shape index (κ2) is 7.25. The van der Waals surface area contributed by atoms with Gasteiger partial charge in [-0.2, -0.15) is 0 Å². The molecular weight excluding hydrogens is 314 g/mol. The molecule has 1 amide bonds. The van der Waals surface area contributed by atoms with Crippen LogP contribution in [0, 0.1) is 18.8 Å². The molecule has 6 nitrogen and oxygen atoms in total. The van der Waals surface area contributed by atoms with Crippen LogP contribution >= 0.6 is 0 Å². The van der Waals surface area contributed by atoms with Crippen molar-refractivity contribution in [2.75, 3.05) is 18.4 Å². The summed E-state index contributed by atoms with van der Waals surface area (Å²) in [6, 6.07) is 7.72. The van der Waals surface area contributed by atoms with Crippen LogP contribution in [0.25, 0.3) is 0 Å². The summed E-state index contributed by atoms with van der Waals surface area (Å²) in [5, 5.41) is 11.6. The number of nitrogens with one attached hydrogen (secondary N) is 1. The van der Waals surface area contributed by atoms with E-state index in [0.717, 1.165) is 36.0 Å². The van der Waals surface area contributed by atoms with Gasteiger partial charge in [0.15, 0.2) is 5.82 Å². The van der Waals surface area contributed by atoms with Crippen molar-refractivity contribution in [1.29, 1.82) is 0 Å². The van der Waals surface area contributed by atoms with Crippen LogP contribution in [-0.2, 0) is 13.6 Å². The number of aromatic nitrogens is 3. The number of nitrogens with zero attached hydrogens (tertiary/aromatic N) is 4. The van der Waals surface area contributed by atoms with Gasteiger partial charge in [0.1, 0.15) is 5.82 Å². The van der Waals surface area contributed by atoms with Gasteiger partial charge in [-0.1, -0.05) is 26.0 Å². The number of hydrogen-bond acceptors (Lipinski definition) is 4. The van der Waals surface area contributed by atoms with E-state index in [1.807, 2.05) is 47.7 Å². The lowest BCUT2D eigenvalue weighted by atomic mass is 9.91. The average molecular weight is 341 g/mol. The first-order valence-electron chi connectivity index (χ1n) is 8.92. The Labute approximate surface area is 149 Å². The number of para-hydroxylation sites is 1. The molecular formula is C19H27N5O. The average Bonchev–Trinajstić information content (AvgIpc) is 2.90. The highest BCUT2D eigenvalue weighted by Gasteiger charge is 2.27. The highest BCUT2D eigenvalue weighted by Crippen LogP contribution is 2.25. The Morgan fingerprint density at radius 1 is 1.20 bits per heavy atom. The highest BCUT2D eigenvalue weighted by molar-refractivity contribution is 5.99. The van der Waals surface area contributed by atoms with E-state index in [1.165, 1.54) is 6.42 Å². The molecule has 0 unspecified atom stereocenters. The Morgan fingerprint density at radius 3 is 2.52 bits per heavy atom.